The first-order valence-corrected chi connectivity index (χ1v) is 43.2. The molecule has 0 fully saturated rings. The summed E-state index contributed by atoms with van der Waals surface area (Å²) < 4.78 is 96.4. The minimum absolute atomic E-state index is 0.00789. The van der Waals surface area contributed by atoms with Crippen LogP contribution in [0.5, 0.6) is 0 Å². The van der Waals surface area contributed by atoms with Crippen LogP contribution in [0, 0.1) is 0 Å². The summed E-state index contributed by atoms with van der Waals surface area (Å²) in [6.45, 7) is 18.7. The Morgan fingerprint density at radius 3 is 0.696 bits per heavy atom. The standard InChI is InChI=1S/C25H47NO7S.C24H45NO7S.C21H40O3.C5H11NO4S/c1-25(2,3)33-24(29)19-16-14-12-10-8-6-5-7-9-11-13-15-18-22(27)26-34(30,31)21-17-20-23(28)32-4;1-24(2,3)32-23(29)19-15-13-11-9-7-5-4-6-8-10-12-14-17-21(26)25-33(30,31)20-16-18-22(27)28;1-19(22)17-15-13-11-9-7-5-6-8-10-12-14-16-18-20(23)24-21(2,3)4;1-10-5(7)3-2-4-11(6,8)9/h5-21H2,1-4H3,(H,26,27);4-20H2,1-3H3,(H,25,26)(H,27,28);5-18H2,1-4H3;2-4H2,1H3,(H2,6,8,9). The molecule has 5 N–H and O–H groups in total. The Bertz CT molecular complexity index is 2580. The number of primary sulfonamides is 1. The van der Waals surface area contributed by atoms with Crippen LogP contribution >= 0.6 is 0 Å². The predicted octanol–water partition coefficient (Wildman–Crippen LogP) is 15.9. The molecule has 0 atom stereocenters. The van der Waals surface area contributed by atoms with Gasteiger partial charge in [0.15, 0.2) is 0 Å². The number of sulfonamides is 3. The first kappa shape index (κ1) is 104. The fourth-order valence-electron chi connectivity index (χ4n) is 10.2. The van der Waals surface area contributed by atoms with Crippen molar-refractivity contribution >= 4 is 83.5 Å². The second-order valence-corrected chi connectivity index (χ2v) is 35.0. The van der Waals surface area contributed by atoms with Crippen LogP contribution in [0.2, 0.25) is 0 Å². The number of carboxylic acids is 1. The monoisotopic (exact) mass is 1520 g/mol. The van der Waals surface area contributed by atoms with Crippen molar-refractivity contribution in [2.24, 2.45) is 5.14 Å². The Morgan fingerprint density at radius 2 is 0.490 bits per heavy atom. The summed E-state index contributed by atoms with van der Waals surface area (Å²) in [5, 5.41) is 13.2. The van der Waals surface area contributed by atoms with Gasteiger partial charge in [0.05, 0.1) is 31.5 Å². The number of hydrogen-bond acceptors (Lipinski definition) is 20. The third-order valence-electron chi connectivity index (χ3n) is 15.4. The van der Waals surface area contributed by atoms with E-state index in [-0.39, 0.29) is 92.1 Å². The largest absolute Gasteiger partial charge is 0.481 e. The molecular formula is C75H143N3O21S3. The number of methoxy groups -OCH3 is 2. The minimum atomic E-state index is -3.74. The van der Waals surface area contributed by atoms with Gasteiger partial charge in [-0.25, -0.2) is 30.4 Å². The normalized spacial score (nSPS) is 11.7. The van der Waals surface area contributed by atoms with Gasteiger partial charge in [-0.15, -0.1) is 0 Å². The average Bonchev–Trinajstić information content (AvgIpc) is 0.933. The molecule has 0 heterocycles. The fourth-order valence-corrected chi connectivity index (χ4v) is 12.9. The molecule has 24 nitrogen and oxygen atoms in total. The Kier molecular flexibility index (Phi) is 65.6. The highest BCUT2D eigenvalue weighted by Gasteiger charge is 2.20. The summed E-state index contributed by atoms with van der Waals surface area (Å²) in [5.41, 5.74) is -1.16. The molecule has 27 heteroatoms. The molecule has 0 radical (unpaired) electrons. The average molecular weight is 1520 g/mol. The van der Waals surface area contributed by atoms with Crippen LogP contribution in [-0.2, 0) is 96.9 Å². The maximum Gasteiger partial charge on any atom is 0.306 e. The SMILES string of the molecule is CC(=O)CCCCCCCCCCCCCCC(=O)OC(C)(C)C.CC(C)(C)OC(=O)CCCCCCCCCCCCCCC(=O)NS(=O)(=O)CCCC(=O)O.COC(=O)CCCS(=O)(=O)NC(=O)CCCCCCCCCCCCCCC(=O)OC(C)(C)C.COC(=O)CCCS(N)(=O)=O. The number of carboxylic acid groups (broad SMARTS) is 1. The Hall–Kier alpha value is -4.76. The lowest BCUT2D eigenvalue weighted by atomic mass is 10.0. The lowest BCUT2D eigenvalue weighted by molar-refractivity contribution is -0.156. The number of ketones is 1. The fraction of sp³-hybridized carbons (Fsp3) is 0.880. The van der Waals surface area contributed by atoms with Gasteiger partial charge in [-0.05, 0) is 127 Å². The zero-order valence-electron chi connectivity index (χ0n) is 65.5. The number of carbonyl (C=O) groups excluding carboxylic acids is 8. The van der Waals surface area contributed by atoms with Crippen molar-refractivity contribution in [2.75, 3.05) is 31.5 Å². The van der Waals surface area contributed by atoms with Crippen LogP contribution < -0.4 is 14.6 Å². The smallest absolute Gasteiger partial charge is 0.306 e. The van der Waals surface area contributed by atoms with E-state index in [0.717, 1.165) is 103 Å². The van der Waals surface area contributed by atoms with Crippen molar-refractivity contribution in [3.8, 4) is 0 Å². The van der Waals surface area contributed by atoms with E-state index in [1.54, 1.807) is 6.92 Å². The third-order valence-corrected chi connectivity index (χ3v) is 19.0. The highest BCUT2D eigenvalue weighted by Crippen LogP contribution is 2.19. The second-order valence-electron chi connectivity index (χ2n) is 29.6. The van der Waals surface area contributed by atoms with Gasteiger partial charge in [0.1, 0.15) is 22.6 Å². The Labute approximate surface area is 617 Å². The highest BCUT2D eigenvalue weighted by atomic mass is 32.2. The van der Waals surface area contributed by atoms with Gasteiger partial charge in [-0.3, -0.25) is 47.8 Å². The number of esters is 5. The number of nitrogens with two attached hydrogens (primary N) is 1. The number of rotatable bonds is 59. The lowest BCUT2D eigenvalue weighted by Crippen LogP contribution is -2.32. The summed E-state index contributed by atoms with van der Waals surface area (Å²) in [6, 6.07) is 0. The number of Topliss-reactive ketones (excluding diaryl/α,β-unsaturated/α-hetero) is 1. The van der Waals surface area contributed by atoms with Crippen molar-refractivity contribution in [2.45, 2.75) is 394 Å². The third kappa shape index (κ3) is 91.3. The van der Waals surface area contributed by atoms with E-state index in [2.05, 4.69) is 19.3 Å². The summed E-state index contributed by atoms with van der Waals surface area (Å²) in [5.74, 6) is -3.69. The van der Waals surface area contributed by atoms with Gasteiger partial charge in [0, 0.05) is 57.8 Å². The molecular weight excluding hydrogens is 1380 g/mol. The number of aliphatic carboxylic acids is 1. The minimum Gasteiger partial charge on any atom is -0.481 e. The molecule has 0 bridgehead atoms. The number of unbranched alkanes of at least 4 members (excludes halogenated alkanes) is 33. The highest BCUT2D eigenvalue weighted by molar-refractivity contribution is 7.90. The number of carbonyl (C=O) groups is 9. The topological polar surface area (TPSA) is 373 Å². The summed E-state index contributed by atoms with van der Waals surface area (Å²) in [4.78, 5) is 101. The van der Waals surface area contributed by atoms with Gasteiger partial charge >= 0.3 is 35.8 Å². The number of ether oxygens (including phenoxy) is 5. The second kappa shape index (κ2) is 64.6. The lowest BCUT2D eigenvalue weighted by Gasteiger charge is -2.19. The van der Waals surface area contributed by atoms with Gasteiger partial charge in [-0.2, -0.15) is 0 Å². The first-order valence-electron chi connectivity index (χ1n) is 38.2. The van der Waals surface area contributed by atoms with E-state index in [9.17, 15) is 68.4 Å². The molecule has 0 saturated carbocycles. The van der Waals surface area contributed by atoms with E-state index < -0.39 is 71.0 Å². The molecule has 0 rings (SSSR count). The van der Waals surface area contributed by atoms with Gasteiger partial charge in [0.25, 0.3) is 0 Å². The maximum atomic E-state index is 11.8. The van der Waals surface area contributed by atoms with Crippen molar-refractivity contribution in [1.29, 1.82) is 0 Å². The molecule has 0 aromatic rings. The molecule has 0 aromatic heterocycles. The zero-order chi connectivity index (χ0) is 78.2. The van der Waals surface area contributed by atoms with Crippen molar-refractivity contribution in [3.05, 3.63) is 0 Å². The maximum absolute atomic E-state index is 11.8. The number of amides is 2. The van der Waals surface area contributed by atoms with Crippen molar-refractivity contribution < 1.29 is 97.2 Å². The van der Waals surface area contributed by atoms with Gasteiger partial charge < -0.3 is 33.6 Å². The van der Waals surface area contributed by atoms with E-state index in [4.69, 9.17) is 19.3 Å². The molecule has 0 spiro atoms. The van der Waals surface area contributed by atoms with Crippen LogP contribution in [0.1, 0.15) is 377 Å². The number of hydrogen-bond donors (Lipinski definition) is 4. The molecule has 0 unspecified atom stereocenters. The van der Waals surface area contributed by atoms with E-state index >= 15 is 0 Å². The van der Waals surface area contributed by atoms with Gasteiger partial charge in [-0.1, -0.05) is 193 Å². The summed E-state index contributed by atoms with van der Waals surface area (Å²) >= 11 is 0. The molecule has 602 valence electrons. The van der Waals surface area contributed by atoms with E-state index in [0.29, 0.717) is 37.9 Å². The quantitative estimate of drug-likeness (QED) is 0.0250. The van der Waals surface area contributed by atoms with Crippen LogP contribution in [0.15, 0.2) is 0 Å². The molecule has 2 amide bonds. The summed E-state index contributed by atoms with van der Waals surface area (Å²) in [6.07, 6.45) is 43.4. The predicted molar refractivity (Wildman–Crippen MR) is 403 cm³/mol. The Morgan fingerprint density at radius 1 is 0.294 bits per heavy atom. The van der Waals surface area contributed by atoms with E-state index in [1.807, 2.05) is 67.0 Å². The Balaban J connectivity index is -0.000000663. The van der Waals surface area contributed by atoms with Crippen molar-refractivity contribution in [3.63, 3.8) is 0 Å². The van der Waals surface area contributed by atoms with Crippen LogP contribution in [0.4, 0.5) is 0 Å². The first-order chi connectivity index (χ1) is 47.6. The van der Waals surface area contributed by atoms with Gasteiger partial charge in [0.2, 0.25) is 41.9 Å². The molecule has 102 heavy (non-hydrogen) atoms. The molecule has 0 aliphatic rings. The molecule has 0 aliphatic carbocycles. The number of nitrogens with one attached hydrogen (secondary N) is 2. The molecule has 0 saturated heterocycles. The van der Waals surface area contributed by atoms with Crippen LogP contribution in [-0.4, -0.2) is 132 Å². The van der Waals surface area contributed by atoms with E-state index in [1.165, 1.54) is 136 Å². The summed E-state index contributed by atoms with van der Waals surface area (Å²) in [7, 11) is -8.37. The molecule has 0 aliphatic heterocycles. The van der Waals surface area contributed by atoms with Crippen LogP contribution in [0.3, 0.4) is 0 Å². The van der Waals surface area contributed by atoms with Crippen molar-refractivity contribution in [1.82, 2.24) is 9.44 Å². The zero-order valence-corrected chi connectivity index (χ0v) is 67.9. The molecule has 0 aromatic carbocycles. The van der Waals surface area contributed by atoms with Crippen LogP contribution in [0.25, 0.3) is 0 Å².